The second-order valence-corrected chi connectivity index (χ2v) is 9.41. The molecule has 31 heavy (non-hydrogen) atoms. The van der Waals surface area contributed by atoms with E-state index in [-0.39, 0.29) is 10.6 Å². The van der Waals surface area contributed by atoms with Crippen molar-refractivity contribution >= 4 is 21.4 Å². The zero-order valence-corrected chi connectivity index (χ0v) is 17.6. The van der Waals surface area contributed by atoms with Crippen LogP contribution in [0.5, 0.6) is 0 Å². The van der Waals surface area contributed by atoms with Crippen molar-refractivity contribution < 1.29 is 22.0 Å². The highest BCUT2D eigenvalue weighted by Gasteiger charge is 2.28. The second kappa shape index (κ2) is 7.97. The van der Waals surface area contributed by atoms with Crippen LogP contribution in [0.15, 0.2) is 58.0 Å². The monoisotopic (exact) mass is 443 g/mol. The quantitative estimate of drug-likeness (QED) is 0.620. The molecule has 1 aromatic heterocycles. The third-order valence-corrected chi connectivity index (χ3v) is 6.85. The Labute approximate surface area is 179 Å². The smallest absolute Gasteiger partial charge is 0.261 e. The van der Waals surface area contributed by atoms with Crippen LogP contribution < -0.4 is 9.62 Å². The molecule has 1 saturated carbocycles. The number of benzene rings is 2. The van der Waals surface area contributed by atoms with E-state index in [1.54, 1.807) is 30.5 Å². The molecule has 1 aliphatic carbocycles. The standard InChI is InChI=1S/C22H22FN3O4S/c23-19-13-17(5-8-20(19)26-9-11-29-12-10-26)25-31(27,28)18-6-3-15(4-7-18)21-14-24-22(30-21)16-1-2-16/h3-8,13-14,16,25H,1-2,9-12H2. The van der Waals surface area contributed by atoms with E-state index < -0.39 is 15.8 Å². The second-order valence-electron chi connectivity index (χ2n) is 7.73. The molecule has 1 N–H and O–H groups in total. The summed E-state index contributed by atoms with van der Waals surface area (Å²) in [5.41, 5.74) is 1.36. The number of oxazole rings is 1. The average molecular weight is 444 g/mol. The van der Waals surface area contributed by atoms with Gasteiger partial charge in [-0.25, -0.2) is 17.8 Å². The van der Waals surface area contributed by atoms with Crippen molar-refractivity contribution in [3.63, 3.8) is 0 Å². The minimum absolute atomic E-state index is 0.0795. The number of aromatic nitrogens is 1. The molecule has 0 bridgehead atoms. The zero-order valence-electron chi connectivity index (χ0n) is 16.8. The molecular formula is C22H22FN3O4S. The number of hydrogen-bond acceptors (Lipinski definition) is 6. The van der Waals surface area contributed by atoms with Gasteiger partial charge < -0.3 is 14.1 Å². The predicted octanol–water partition coefficient (Wildman–Crippen LogP) is 4.00. The summed E-state index contributed by atoms with van der Waals surface area (Å²) in [7, 11) is -3.86. The number of rotatable bonds is 6. The molecule has 0 atom stereocenters. The highest BCUT2D eigenvalue weighted by atomic mass is 32.2. The fraction of sp³-hybridized carbons (Fsp3) is 0.318. The first-order valence-corrected chi connectivity index (χ1v) is 11.7. The number of halogens is 1. The van der Waals surface area contributed by atoms with Crippen molar-refractivity contribution in [2.24, 2.45) is 0 Å². The van der Waals surface area contributed by atoms with Gasteiger partial charge in [-0.15, -0.1) is 0 Å². The topological polar surface area (TPSA) is 84.7 Å². The first kappa shape index (κ1) is 20.0. The lowest BCUT2D eigenvalue weighted by Crippen LogP contribution is -2.36. The number of nitrogens with zero attached hydrogens (tertiary/aromatic N) is 2. The van der Waals surface area contributed by atoms with Gasteiger partial charge in [-0.1, -0.05) is 0 Å². The summed E-state index contributed by atoms with van der Waals surface area (Å²) in [4.78, 5) is 6.25. The van der Waals surface area contributed by atoms with Gasteiger partial charge in [0.2, 0.25) is 0 Å². The Morgan fingerprint density at radius 1 is 1.06 bits per heavy atom. The van der Waals surface area contributed by atoms with Crippen LogP contribution in [0, 0.1) is 5.82 Å². The Kier molecular flexibility index (Phi) is 5.15. The van der Waals surface area contributed by atoms with Gasteiger partial charge >= 0.3 is 0 Å². The van der Waals surface area contributed by atoms with Gasteiger partial charge in [0, 0.05) is 30.6 Å². The first-order chi connectivity index (χ1) is 15.0. The van der Waals surface area contributed by atoms with Crippen molar-refractivity contribution in [3.8, 4) is 11.3 Å². The molecule has 3 aromatic rings. The van der Waals surface area contributed by atoms with Gasteiger partial charge in [0.25, 0.3) is 10.0 Å². The van der Waals surface area contributed by atoms with E-state index in [0.717, 1.165) is 24.3 Å². The molecule has 2 fully saturated rings. The average Bonchev–Trinajstić information content (AvgIpc) is 3.51. The zero-order chi connectivity index (χ0) is 21.4. The molecule has 9 heteroatoms. The molecule has 2 aromatic carbocycles. The van der Waals surface area contributed by atoms with Gasteiger partial charge in [0.1, 0.15) is 5.82 Å². The van der Waals surface area contributed by atoms with Crippen molar-refractivity contribution in [2.75, 3.05) is 35.9 Å². The van der Waals surface area contributed by atoms with E-state index in [1.165, 1.54) is 18.2 Å². The highest BCUT2D eigenvalue weighted by Crippen LogP contribution is 2.40. The van der Waals surface area contributed by atoms with Gasteiger partial charge in [-0.2, -0.15) is 0 Å². The molecule has 0 spiro atoms. The van der Waals surface area contributed by atoms with Crippen LogP contribution in [0.2, 0.25) is 0 Å². The molecule has 162 valence electrons. The number of morpholine rings is 1. The predicted molar refractivity (Wildman–Crippen MR) is 114 cm³/mol. The third-order valence-electron chi connectivity index (χ3n) is 5.45. The van der Waals surface area contributed by atoms with E-state index in [1.807, 2.05) is 4.90 Å². The van der Waals surface area contributed by atoms with Gasteiger partial charge in [-0.3, -0.25) is 4.72 Å². The maximum atomic E-state index is 14.6. The van der Waals surface area contributed by atoms with Gasteiger partial charge in [-0.05, 0) is 49.2 Å². The van der Waals surface area contributed by atoms with Crippen LogP contribution >= 0.6 is 0 Å². The Balaban J connectivity index is 1.31. The van der Waals surface area contributed by atoms with Crippen molar-refractivity contribution in [1.82, 2.24) is 4.98 Å². The summed E-state index contributed by atoms with van der Waals surface area (Å²) < 4.78 is 53.6. The lowest BCUT2D eigenvalue weighted by Gasteiger charge is -2.29. The van der Waals surface area contributed by atoms with Crippen LogP contribution in [0.3, 0.4) is 0 Å². The first-order valence-electron chi connectivity index (χ1n) is 10.2. The molecule has 1 aliphatic heterocycles. The molecule has 2 aliphatic rings. The Morgan fingerprint density at radius 2 is 1.81 bits per heavy atom. The minimum Gasteiger partial charge on any atom is -0.440 e. The Hall–Kier alpha value is -2.91. The van der Waals surface area contributed by atoms with Crippen LogP contribution in [0.25, 0.3) is 11.3 Å². The Morgan fingerprint density at radius 3 is 2.48 bits per heavy atom. The molecule has 0 amide bonds. The van der Waals surface area contributed by atoms with E-state index in [4.69, 9.17) is 9.15 Å². The highest BCUT2D eigenvalue weighted by molar-refractivity contribution is 7.92. The van der Waals surface area contributed by atoms with Crippen LogP contribution in [0.4, 0.5) is 15.8 Å². The lowest BCUT2D eigenvalue weighted by molar-refractivity contribution is 0.122. The molecular weight excluding hydrogens is 421 g/mol. The summed E-state index contributed by atoms with van der Waals surface area (Å²) in [5.74, 6) is 1.28. The molecule has 2 heterocycles. The fourth-order valence-electron chi connectivity index (χ4n) is 3.58. The van der Waals surface area contributed by atoms with Crippen molar-refractivity contribution in [3.05, 3.63) is 60.4 Å². The fourth-order valence-corrected chi connectivity index (χ4v) is 4.63. The summed E-state index contributed by atoms with van der Waals surface area (Å²) >= 11 is 0. The lowest BCUT2D eigenvalue weighted by atomic mass is 10.2. The maximum absolute atomic E-state index is 14.6. The van der Waals surface area contributed by atoms with Crippen molar-refractivity contribution in [2.45, 2.75) is 23.7 Å². The molecule has 0 unspecified atom stereocenters. The summed E-state index contributed by atoms with van der Waals surface area (Å²) in [6.07, 6.45) is 3.85. The maximum Gasteiger partial charge on any atom is 0.261 e. The van der Waals surface area contributed by atoms with E-state index in [0.29, 0.717) is 43.7 Å². The van der Waals surface area contributed by atoms with E-state index in [9.17, 15) is 12.8 Å². The van der Waals surface area contributed by atoms with Gasteiger partial charge in [0.15, 0.2) is 11.7 Å². The van der Waals surface area contributed by atoms with Crippen LogP contribution in [0.1, 0.15) is 24.7 Å². The Bertz CT molecular complexity index is 1180. The van der Waals surface area contributed by atoms with Crippen molar-refractivity contribution in [1.29, 1.82) is 0 Å². The number of ether oxygens (including phenoxy) is 1. The SMILES string of the molecule is O=S(=O)(Nc1ccc(N2CCOCC2)c(F)c1)c1ccc(-c2cnc(C3CC3)o2)cc1. The number of hydrogen-bond donors (Lipinski definition) is 1. The number of nitrogens with one attached hydrogen (secondary N) is 1. The van der Waals surface area contributed by atoms with Crippen LogP contribution in [-0.2, 0) is 14.8 Å². The van der Waals surface area contributed by atoms with Crippen LogP contribution in [-0.4, -0.2) is 39.7 Å². The molecule has 7 nitrogen and oxygen atoms in total. The van der Waals surface area contributed by atoms with E-state index in [2.05, 4.69) is 9.71 Å². The summed E-state index contributed by atoms with van der Waals surface area (Å²) in [6.45, 7) is 2.28. The number of sulfonamides is 1. The third kappa shape index (κ3) is 4.28. The van der Waals surface area contributed by atoms with Gasteiger partial charge in [0.05, 0.1) is 35.7 Å². The normalized spacial score (nSPS) is 17.0. The molecule has 0 radical (unpaired) electrons. The van der Waals surface area contributed by atoms with E-state index >= 15 is 0 Å². The molecule has 1 saturated heterocycles. The molecule has 5 rings (SSSR count). The number of anilines is 2. The largest absolute Gasteiger partial charge is 0.440 e. The summed E-state index contributed by atoms with van der Waals surface area (Å²) in [5, 5.41) is 0. The summed E-state index contributed by atoms with van der Waals surface area (Å²) in [6, 6.07) is 10.7. The minimum atomic E-state index is -3.86.